The summed E-state index contributed by atoms with van der Waals surface area (Å²) < 4.78 is 37.8. The van der Waals surface area contributed by atoms with Crippen molar-refractivity contribution < 1.29 is 22.7 Å². The Morgan fingerprint density at radius 2 is 1.72 bits per heavy atom. The van der Waals surface area contributed by atoms with Crippen LogP contribution < -0.4 is 19.5 Å². The van der Waals surface area contributed by atoms with E-state index in [1.165, 1.54) is 7.11 Å². The molecule has 0 aliphatic heterocycles. The minimum atomic E-state index is -3.36. The van der Waals surface area contributed by atoms with Crippen LogP contribution in [0.1, 0.15) is 37.0 Å². The first-order chi connectivity index (χ1) is 13.8. The van der Waals surface area contributed by atoms with E-state index in [0.29, 0.717) is 45.9 Å². The molecular weight excluding hydrogens is 460 g/mol. The van der Waals surface area contributed by atoms with Gasteiger partial charge in [-0.05, 0) is 65.2 Å². The van der Waals surface area contributed by atoms with Crippen LogP contribution in [-0.4, -0.2) is 33.8 Å². The summed E-state index contributed by atoms with van der Waals surface area (Å²) in [5, 5.41) is 2.78. The van der Waals surface area contributed by atoms with Crippen LogP contribution in [0.5, 0.6) is 11.5 Å². The lowest BCUT2D eigenvalue weighted by Gasteiger charge is -2.14. The van der Waals surface area contributed by atoms with Gasteiger partial charge >= 0.3 is 0 Å². The van der Waals surface area contributed by atoms with Crippen molar-refractivity contribution in [1.82, 2.24) is 0 Å². The van der Waals surface area contributed by atoms with E-state index in [0.717, 1.165) is 6.42 Å². The minimum Gasteiger partial charge on any atom is -0.493 e. The van der Waals surface area contributed by atoms with Crippen molar-refractivity contribution in [2.75, 3.05) is 29.5 Å². The molecule has 9 heteroatoms. The Morgan fingerprint density at radius 1 is 1.07 bits per heavy atom. The molecule has 0 spiro atoms. The van der Waals surface area contributed by atoms with Gasteiger partial charge in [-0.3, -0.25) is 9.52 Å². The van der Waals surface area contributed by atoms with E-state index < -0.39 is 10.0 Å². The molecule has 0 unspecified atom stereocenters. The van der Waals surface area contributed by atoms with E-state index in [2.05, 4.69) is 26.0 Å². The van der Waals surface area contributed by atoms with Crippen molar-refractivity contribution in [2.45, 2.75) is 26.7 Å². The van der Waals surface area contributed by atoms with Gasteiger partial charge in [0.25, 0.3) is 5.91 Å². The number of amides is 1. The molecule has 0 aliphatic carbocycles. The van der Waals surface area contributed by atoms with Crippen LogP contribution in [0.3, 0.4) is 0 Å². The maximum Gasteiger partial charge on any atom is 0.255 e. The monoisotopic (exact) mass is 484 g/mol. The third kappa shape index (κ3) is 6.64. The van der Waals surface area contributed by atoms with E-state index in [9.17, 15) is 13.2 Å². The summed E-state index contributed by atoms with van der Waals surface area (Å²) in [5.41, 5.74) is 1.37. The van der Waals surface area contributed by atoms with Gasteiger partial charge < -0.3 is 14.8 Å². The zero-order valence-corrected chi connectivity index (χ0v) is 19.0. The fourth-order valence-corrected chi connectivity index (χ4v) is 4.21. The van der Waals surface area contributed by atoms with Gasteiger partial charge in [-0.25, -0.2) is 8.42 Å². The molecular formula is C20H25BrN2O5S. The SMILES string of the molecule is CCCOc1c(Br)cc(C(=O)Nc2ccc(NS(=O)(=O)CCC)cc2)cc1OC. The maximum absolute atomic E-state index is 12.6. The van der Waals surface area contributed by atoms with Crippen molar-refractivity contribution in [3.05, 3.63) is 46.4 Å². The van der Waals surface area contributed by atoms with Gasteiger partial charge in [-0.1, -0.05) is 13.8 Å². The molecule has 158 valence electrons. The van der Waals surface area contributed by atoms with Gasteiger partial charge in [0.05, 0.1) is 23.9 Å². The maximum atomic E-state index is 12.6. The van der Waals surface area contributed by atoms with Crippen molar-refractivity contribution in [1.29, 1.82) is 0 Å². The van der Waals surface area contributed by atoms with E-state index in [-0.39, 0.29) is 11.7 Å². The molecule has 0 radical (unpaired) electrons. The van der Waals surface area contributed by atoms with Crippen molar-refractivity contribution >= 4 is 43.2 Å². The summed E-state index contributed by atoms with van der Waals surface area (Å²) in [6.45, 7) is 4.34. The van der Waals surface area contributed by atoms with Crippen LogP contribution in [0, 0.1) is 0 Å². The number of carbonyl (C=O) groups excluding carboxylic acids is 1. The summed E-state index contributed by atoms with van der Waals surface area (Å²) in [4.78, 5) is 12.6. The number of nitrogens with one attached hydrogen (secondary N) is 2. The van der Waals surface area contributed by atoms with Gasteiger partial charge in [-0.15, -0.1) is 0 Å². The Kier molecular flexibility index (Phi) is 8.33. The molecule has 0 saturated carbocycles. The fraction of sp³-hybridized carbons (Fsp3) is 0.350. The number of benzene rings is 2. The predicted molar refractivity (Wildman–Crippen MR) is 119 cm³/mol. The number of methoxy groups -OCH3 is 1. The van der Waals surface area contributed by atoms with Gasteiger partial charge in [0.1, 0.15) is 0 Å². The first kappa shape index (κ1) is 23.0. The molecule has 0 bridgehead atoms. The number of sulfonamides is 1. The summed E-state index contributed by atoms with van der Waals surface area (Å²) in [6, 6.07) is 9.73. The molecule has 2 rings (SSSR count). The van der Waals surface area contributed by atoms with Crippen molar-refractivity contribution in [3.8, 4) is 11.5 Å². The van der Waals surface area contributed by atoms with Crippen LogP contribution in [0.25, 0.3) is 0 Å². The third-order valence-electron chi connectivity index (χ3n) is 3.83. The van der Waals surface area contributed by atoms with Gasteiger partial charge in [0.2, 0.25) is 10.0 Å². The normalized spacial score (nSPS) is 11.0. The first-order valence-electron chi connectivity index (χ1n) is 9.21. The Balaban J connectivity index is 2.13. The molecule has 2 aromatic rings. The Labute approximate surface area is 180 Å². The molecule has 0 aromatic heterocycles. The number of ether oxygens (including phenoxy) is 2. The van der Waals surface area contributed by atoms with E-state index >= 15 is 0 Å². The molecule has 0 atom stereocenters. The standard InChI is InChI=1S/C20H25BrN2O5S/c1-4-10-28-19-17(21)12-14(13-18(19)27-3)20(24)22-15-6-8-16(9-7-15)23-29(25,26)11-5-2/h6-9,12-13,23H,4-5,10-11H2,1-3H3,(H,22,24). The minimum absolute atomic E-state index is 0.0557. The molecule has 7 nitrogen and oxygen atoms in total. The van der Waals surface area contributed by atoms with Crippen molar-refractivity contribution in [3.63, 3.8) is 0 Å². The molecule has 0 saturated heterocycles. The van der Waals surface area contributed by atoms with Gasteiger partial charge in [-0.2, -0.15) is 0 Å². The lowest BCUT2D eigenvalue weighted by atomic mass is 10.1. The smallest absolute Gasteiger partial charge is 0.255 e. The molecule has 0 aliphatic rings. The number of anilines is 2. The second kappa shape index (κ2) is 10.5. The number of halogens is 1. The average molecular weight is 485 g/mol. The summed E-state index contributed by atoms with van der Waals surface area (Å²) in [5.74, 6) is 0.735. The van der Waals surface area contributed by atoms with Crippen LogP contribution in [-0.2, 0) is 10.0 Å². The fourth-order valence-electron chi connectivity index (χ4n) is 2.52. The highest BCUT2D eigenvalue weighted by Crippen LogP contribution is 2.37. The highest BCUT2D eigenvalue weighted by atomic mass is 79.9. The molecule has 0 fully saturated rings. The molecule has 2 aromatic carbocycles. The van der Waals surface area contributed by atoms with E-state index in [1.54, 1.807) is 43.3 Å². The van der Waals surface area contributed by atoms with Crippen LogP contribution in [0.4, 0.5) is 11.4 Å². The zero-order valence-electron chi connectivity index (χ0n) is 16.6. The molecule has 1 amide bonds. The second-order valence-corrected chi connectivity index (χ2v) is 8.99. The van der Waals surface area contributed by atoms with Gasteiger partial charge in [0.15, 0.2) is 11.5 Å². The largest absolute Gasteiger partial charge is 0.493 e. The summed E-state index contributed by atoms with van der Waals surface area (Å²) >= 11 is 3.42. The lowest BCUT2D eigenvalue weighted by molar-refractivity contribution is 0.102. The predicted octanol–water partition coefficient (Wildman–Crippen LogP) is 4.65. The lowest BCUT2D eigenvalue weighted by Crippen LogP contribution is -2.16. The third-order valence-corrected chi connectivity index (χ3v) is 5.91. The van der Waals surface area contributed by atoms with Crippen LogP contribution in [0.2, 0.25) is 0 Å². The second-order valence-electron chi connectivity index (χ2n) is 6.29. The number of hydrogen-bond donors (Lipinski definition) is 2. The highest BCUT2D eigenvalue weighted by molar-refractivity contribution is 9.10. The van der Waals surface area contributed by atoms with Gasteiger partial charge in [0, 0.05) is 16.9 Å². The molecule has 29 heavy (non-hydrogen) atoms. The van der Waals surface area contributed by atoms with E-state index in [4.69, 9.17) is 9.47 Å². The quantitative estimate of drug-likeness (QED) is 0.511. The van der Waals surface area contributed by atoms with Crippen LogP contribution >= 0.6 is 15.9 Å². The summed E-state index contributed by atoms with van der Waals surface area (Å²) in [7, 11) is -1.84. The Bertz CT molecular complexity index is 946. The zero-order chi connectivity index (χ0) is 21.4. The first-order valence-corrected chi connectivity index (χ1v) is 11.7. The number of rotatable bonds is 10. The average Bonchev–Trinajstić information content (AvgIpc) is 2.67. The van der Waals surface area contributed by atoms with E-state index in [1.807, 2.05) is 6.92 Å². The summed E-state index contributed by atoms with van der Waals surface area (Å²) in [6.07, 6.45) is 1.38. The Hall–Kier alpha value is -2.26. The van der Waals surface area contributed by atoms with Crippen LogP contribution in [0.15, 0.2) is 40.9 Å². The number of carbonyl (C=O) groups is 1. The highest BCUT2D eigenvalue weighted by Gasteiger charge is 2.16. The molecule has 2 N–H and O–H groups in total. The number of hydrogen-bond acceptors (Lipinski definition) is 5. The molecule has 0 heterocycles. The Morgan fingerprint density at radius 3 is 2.31 bits per heavy atom. The topological polar surface area (TPSA) is 93.7 Å². The van der Waals surface area contributed by atoms with Crippen molar-refractivity contribution in [2.24, 2.45) is 0 Å².